The average Bonchev–Trinajstić information content (AvgIpc) is 2.81. The van der Waals surface area contributed by atoms with E-state index in [1.54, 1.807) is 10.7 Å². The summed E-state index contributed by atoms with van der Waals surface area (Å²) in [6.45, 7) is 8.31. The first kappa shape index (κ1) is 13.1. The molecule has 0 radical (unpaired) electrons. The zero-order valence-electron chi connectivity index (χ0n) is 12.1. The minimum Gasteiger partial charge on any atom is -0.333 e. The van der Waals surface area contributed by atoms with E-state index in [0.29, 0.717) is 5.56 Å². The summed E-state index contributed by atoms with van der Waals surface area (Å²) < 4.78 is 1.75. The van der Waals surface area contributed by atoms with Crippen LogP contribution in [0.15, 0.2) is 12.3 Å². The molecule has 106 valence electrons. The highest BCUT2D eigenvalue weighted by Crippen LogP contribution is 2.15. The second-order valence-corrected chi connectivity index (χ2v) is 5.36. The highest BCUT2D eigenvalue weighted by Gasteiger charge is 2.26. The monoisotopic (exact) mass is 273 g/mol. The molecule has 0 aromatic carbocycles. The molecule has 3 rings (SSSR count). The molecule has 0 unspecified atom stereocenters. The zero-order valence-corrected chi connectivity index (χ0v) is 12.1. The van der Waals surface area contributed by atoms with Crippen LogP contribution in [0.3, 0.4) is 0 Å². The van der Waals surface area contributed by atoms with Gasteiger partial charge in [-0.25, -0.2) is 9.50 Å². The van der Waals surface area contributed by atoms with Crippen molar-refractivity contribution >= 4 is 11.6 Å². The van der Waals surface area contributed by atoms with Gasteiger partial charge in [0, 0.05) is 37.9 Å². The van der Waals surface area contributed by atoms with Crippen LogP contribution in [0.4, 0.5) is 0 Å². The number of aromatic nitrogens is 3. The molecule has 6 nitrogen and oxygen atoms in total. The average molecular weight is 273 g/mol. The third kappa shape index (κ3) is 2.06. The Labute approximate surface area is 117 Å². The van der Waals surface area contributed by atoms with E-state index in [-0.39, 0.29) is 11.9 Å². The van der Waals surface area contributed by atoms with Crippen molar-refractivity contribution in [1.29, 1.82) is 0 Å². The zero-order chi connectivity index (χ0) is 14.3. The molecule has 3 heterocycles. The molecule has 2 aromatic rings. The number of carbonyl (C=O) groups excluding carboxylic acids is 1. The molecule has 2 aromatic heterocycles. The lowest BCUT2D eigenvalue weighted by Gasteiger charge is -2.34. The standard InChI is InChI=1S/C14H19N5O/c1-9-6-13-16-8-12(11(3)19(13)17-9)14(20)18-5-4-15-7-10(18)2/h6,8,10,15H,4-5,7H2,1-3H3/t10-/m0/s1. The van der Waals surface area contributed by atoms with Crippen LogP contribution < -0.4 is 5.32 Å². The Balaban J connectivity index is 2.00. The molecule has 1 aliphatic rings. The summed E-state index contributed by atoms with van der Waals surface area (Å²) in [5, 5.41) is 7.68. The molecule has 1 atom stereocenters. The molecule has 0 saturated carbocycles. The molecule has 20 heavy (non-hydrogen) atoms. The molecular weight excluding hydrogens is 254 g/mol. The number of amides is 1. The summed E-state index contributed by atoms with van der Waals surface area (Å²) in [4.78, 5) is 18.9. The maximum Gasteiger partial charge on any atom is 0.257 e. The van der Waals surface area contributed by atoms with Gasteiger partial charge >= 0.3 is 0 Å². The van der Waals surface area contributed by atoms with Gasteiger partial charge in [0.1, 0.15) is 0 Å². The van der Waals surface area contributed by atoms with Crippen LogP contribution >= 0.6 is 0 Å². The fourth-order valence-electron chi connectivity index (χ4n) is 2.67. The minimum absolute atomic E-state index is 0.0408. The maximum atomic E-state index is 12.7. The van der Waals surface area contributed by atoms with Crippen molar-refractivity contribution in [2.75, 3.05) is 19.6 Å². The SMILES string of the molecule is Cc1cc2ncc(C(=O)N3CCNC[C@@H]3C)c(C)n2n1. The summed E-state index contributed by atoms with van der Waals surface area (Å²) in [7, 11) is 0. The van der Waals surface area contributed by atoms with Gasteiger partial charge in [0.2, 0.25) is 0 Å². The number of nitrogens with one attached hydrogen (secondary N) is 1. The fourth-order valence-corrected chi connectivity index (χ4v) is 2.67. The Bertz CT molecular complexity index is 663. The summed E-state index contributed by atoms with van der Waals surface area (Å²) in [6, 6.07) is 2.11. The highest BCUT2D eigenvalue weighted by molar-refractivity contribution is 5.95. The van der Waals surface area contributed by atoms with Gasteiger partial charge in [0.05, 0.1) is 17.0 Å². The molecule has 1 N–H and O–H groups in total. The van der Waals surface area contributed by atoms with E-state index >= 15 is 0 Å². The van der Waals surface area contributed by atoms with Gasteiger partial charge in [-0.3, -0.25) is 4.79 Å². The van der Waals surface area contributed by atoms with Gasteiger partial charge in [0.25, 0.3) is 5.91 Å². The Morgan fingerprint density at radius 1 is 1.45 bits per heavy atom. The Morgan fingerprint density at radius 2 is 2.25 bits per heavy atom. The van der Waals surface area contributed by atoms with E-state index in [1.165, 1.54) is 0 Å². The van der Waals surface area contributed by atoms with Gasteiger partial charge in [-0.15, -0.1) is 0 Å². The fraction of sp³-hybridized carbons (Fsp3) is 0.500. The maximum absolute atomic E-state index is 12.7. The minimum atomic E-state index is 0.0408. The highest BCUT2D eigenvalue weighted by atomic mass is 16.2. The van der Waals surface area contributed by atoms with Gasteiger partial charge in [-0.1, -0.05) is 0 Å². The molecule has 0 spiro atoms. The number of nitrogens with zero attached hydrogens (tertiary/aromatic N) is 4. The van der Waals surface area contributed by atoms with Crippen LogP contribution in [-0.4, -0.2) is 51.1 Å². The van der Waals surface area contributed by atoms with Crippen molar-refractivity contribution in [3.8, 4) is 0 Å². The molecule has 1 amide bonds. The first-order valence-corrected chi connectivity index (χ1v) is 6.91. The predicted octanol–water partition coefficient (Wildman–Crippen LogP) is 0.780. The first-order valence-electron chi connectivity index (χ1n) is 6.91. The molecule has 1 fully saturated rings. The van der Waals surface area contributed by atoms with Crippen molar-refractivity contribution in [3.05, 3.63) is 29.2 Å². The number of rotatable bonds is 1. The predicted molar refractivity (Wildman–Crippen MR) is 75.8 cm³/mol. The van der Waals surface area contributed by atoms with Crippen molar-refractivity contribution in [3.63, 3.8) is 0 Å². The van der Waals surface area contributed by atoms with E-state index in [9.17, 15) is 4.79 Å². The second kappa shape index (κ2) is 4.86. The van der Waals surface area contributed by atoms with E-state index in [0.717, 1.165) is 36.7 Å². The third-order valence-electron chi connectivity index (χ3n) is 3.84. The molecule has 0 aliphatic carbocycles. The van der Waals surface area contributed by atoms with Crippen LogP contribution in [0.5, 0.6) is 0 Å². The molecule has 6 heteroatoms. The summed E-state index contributed by atoms with van der Waals surface area (Å²) in [5.41, 5.74) is 3.17. The van der Waals surface area contributed by atoms with Gasteiger partial charge in [-0.2, -0.15) is 5.10 Å². The summed E-state index contributed by atoms with van der Waals surface area (Å²) in [6.07, 6.45) is 1.67. The van der Waals surface area contributed by atoms with Crippen LogP contribution in [0.25, 0.3) is 5.65 Å². The number of hydrogen-bond donors (Lipinski definition) is 1. The Hall–Kier alpha value is -1.95. The van der Waals surface area contributed by atoms with Crippen LogP contribution in [-0.2, 0) is 0 Å². The molecule has 1 saturated heterocycles. The van der Waals surface area contributed by atoms with Crippen molar-refractivity contribution in [2.45, 2.75) is 26.8 Å². The molecule has 1 aliphatic heterocycles. The smallest absolute Gasteiger partial charge is 0.257 e. The summed E-state index contributed by atoms with van der Waals surface area (Å²) in [5.74, 6) is 0.0408. The Kier molecular flexibility index (Phi) is 3.17. The number of hydrogen-bond acceptors (Lipinski definition) is 4. The quantitative estimate of drug-likeness (QED) is 0.834. The lowest BCUT2D eigenvalue weighted by atomic mass is 10.1. The van der Waals surface area contributed by atoms with E-state index in [1.807, 2.05) is 24.8 Å². The van der Waals surface area contributed by atoms with Crippen molar-refractivity contribution in [1.82, 2.24) is 24.8 Å². The number of piperazine rings is 1. The third-order valence-corrected chi connectivity index (χ3v) is 3.84. The van der Waals surface area contributed by atoms with Crippen LogP contribution in [0.1, 0.15) is 28.7 Å². The number of fused-ring (bicyclic) bond motifs is 1. The van der Waals surface area contributed by atoms with Crippen LogP contribution in [0, 0.1) is 13.8 Å². The second-order valence-electron chi connectivity index (χ2n) is 5.36. The molecule has 0 bridgehead atoms. The van der Waals surface area contributed by atoms with Crippen LogP contribution in [0.2, 0.25) is 0 Å². The largest absolute Gasteiger partial charge is 0.333 e. The van der Waals surface area contributed by atoms with Gasteiger partial charge in [-0.05, 0) is 20.8 Å². The normalized spacial score (nSPS) is 19.6. The van der Waals surface area contributed by atoms with Crippen molar-refractivity contribution in [2.24, 2.45) is 0 Å². The van der Waals surface area contributed by atoms with E-state index < -0.39 is 0 Å². The number of aryl methyl sites for hydroxylation is 2. The number of carbonyl (C=O) groups is 1. The molecular formula is C14H19N5O. The lowest BCUT2D eigenvalue weighted by molar-refractivity contribution is 0.0653. The lowest BCUT2D eigenvalue weighted by Crippen LogP contribution is -2.52. The van der Waals surface area contributed by atoms with Crippen molar-refractivity contribution < 1.29 is 4.79 Å². The van der Waals surface area contributed by atoms with E-state index in [2.05, 4.69) is 22.3 Å². The Morgan fingerprint density at radius 3 is 3.00 bits per heavy atom. The topological polar surface area (TPSA) is 62.5 Å². The van der Waals surface area contributed by atoms with E-state index in [4.69, 9.17) is 0 Å². The summed E-state index contributed by atoms with van der Waals surface area (Å²) >= 11 is 0. The van der Waals surface area contributed by atoms with Gasteiger partial charge in [0.15, 0.2) is 5.65 Å². The first-order chi connectivity index (χ1) is 9.58. The van der Waals surface area contributed by atoms with Gasteiger partial charge < -0.3 is 10.2 Å².